The molecule has 0 aliphatic carbocycles. The summed E-state index contributed by atoms with van der Waals surface area (Å²) in [4.78, 5) is 0. The fourth-order valence-corrected chi connectivity index (χ4v) is 3.48. The fourth-order valence-electron chi connectivity index (χ4n) is 2.67. The normalized spacial score (nSPS) is 13.8. The van der Waals surface area contributed by atoms with E-state index in [1.54, 1.807) is 0 Å². The van der Waals surface area contributed by atoms with Crippen molar-refractivity contribution in [2.24, 2.45) is 5.92 Å². The number of unbranched alkanes of at least 4 members (excludes halogenated alkanes) is 5. The van der Waals surface area contributed by atoms with Gasteiger partial charge in [0, 0.05) is 10.7 Å². The van der Waals surface area contributed by atoms with E-state index in [0.717, 1.165) is 6.42 Å². The van der Waals surface area contributed by atoms with Crippen LogP contribution in [0.2, 0.25) is 5.31 Å². The monoisotopic (exact) mass is 432 g/mol. The second-order valence-corrected chi connectivity index (χ2v) is 8.60. The molecule has 0 fully saturated rings. The number of rotatable bonds is 12. The predicted octanol–water partition coefficient (Wildman–Crippen LogP) is 7.62. The van der Waals surface area contributed by atoms with Crippen LogP contribution in [0.1, 0.15) is 86.5 Å². The van der Waals surface area contributed by atoms with E-state index in [4.69, 9.17) is 4.65 Å². The molecule has 0 aliphatic heterocycles. The average Bonchev–Trinajstić information content (AvgIpc) is 2.50. The van der Waals surface area contributed by atoms with Crippen LogP contribution in [-0.2, 0) is 4.65 Å². The van der Waals surface area contributed by atoms with Crippen LogP contribution < -0.4 is 0 Å². The van der Waals surface area contributed by atoms with Crippen molar-refractivity contribution in [3.05, 3.63) is 21.2 Å². The van der Waals surface area contributed by atoms with E-state index in [0.29, 0.717) is 5.92 Å². The van der Waals surface area contributed by atoms with Gasteiger partial charge in [0.05, 0.1) is 0 Å². The molecule has 0 unspecified atom stereocenters. The topological polar surface area (TPSA) is 9.23 Å². The molecule has 0 N–H and O–H groups in total. The summed E-state index contributed by atoms with van der Waals surface area (Å²) in [6.07, 6.45) is 13.6. The SMILES string of the molecule is CCCC/C=C(B(OC)C(C)(C)C(C)C)/C(I)=C/CCCCC. The van der Waals surface area contributed by atoms with Crippen molar-refractivity contribution in [2.45, 2.75) is 91.8 Å². The highest BCUT2D eigenvalue weighted by Crippen LogP contribution is 2.43. The summed E-state index contributed by atoms with van der Waals surface area (Å²) in [5.41, 5.74) is 1.40. The van der Waals surface area contributed by atoms with Crippen LogP contribution in [0.5, 0.6) is 0 Å². The van der Waals surface area contributed by atoms with Gasteiger partial charge >= 0.3 is 6.92 Å². The molecular weight excluding hydrogens is 394 g/mol. The standard InChI is InChI=1S/C20H38BIO/c1-8-10-12-14-16-19(22)18(15-13-11-9-2)21(23-7)20(5,6)17(3)4/h15-17H,8-14H2,1-7H3/b18-15-,19-16-. The maximum absolute atomic E-state index is 6.00. The Bertz CT molecular complexity index is 372. The van der Waals surface area contributed by atoms with Gasteiger partial charge in [-0.2, -0.15) is 0 Å². The molecule has 0 atom stereocenters. The highest BCUT2D eigenvalue weighted by atomic mass is 127. The van der Waals surface area contributed by atoms with Crippen LogP contribution in [0, 0.1) is 5.92 Å². The summed E-state index contributed by atoms with van der Waals surface area (Å²) in [5.74, 6) is 0.575. The maximum atomic E-state index is 6.00. The van der Waals surface area contributed by atoms with Gasteiger partial charge in [-0.3, -0.25) is 0 Å². The Balaban J connectivity index is 5.36. The zero-order valence-electron chi connectivity index (χ0n) is 16.5. The van der Waals surface area contributed by atoms with Crippen LogP contribution in [0.4, 0.5) is 0 Å². The Morgan fingerprint density at radius 1 is 1.04 bits per heavy atom. The van der Waals surface area contributed by atoms with Crippen LogP contribution in [0.25, 0.3) is 0 Å². The van der Waals surface area contributed by atoms with Crippen molar-refractivity contribution >= 4 is 29.5 Å². The summed E-state index contributed by atoms with van der Waals surface area (Å²) in [6.45, 7) is 13.9. The lowest BCUT2D eigenvalue weighted by Gasteiger charge is -2.35. The second kappa shape index (κ2) is 12.6. The second-order valence-electron chi connectivity index (χ2n) is 7.44. The molecule has 0 amide bonds. The fraction of sp³-hybridized carbons (Fsp3) is 0.800. The molecule has 0 saturated heterocycles. The number of halogens is 1. The molecule has 3 heteroatoms. The molecule has 0 radical (unpaired) electrons. The molecule has 0 aromatic heterocycles. The molecule has 0 heterocycles. The molecule has 1 nitrogen and oxygen atoms in total. The summed E-state index contributed by atoms with van der Waals surface area (Å²) in [7, 11) is 1.86. The van der Waals surface area contributed by atoms with E-state index in [1.807, 2.05) is 7.11 Å². The first-order valence-corrected chi connectivity index (χ1v) is 10.5. The minimum atomic E-state index is 0.125. The van der Waals surface area contributed by atoms with E-state index in [9.17, 15) is 0 Å². The summed E-state index contributed by atoms with van der Waals surface area (Å²) in [6, 6.07) is 0. The number of allylic oxidation sites excluding steroid dienone is 4. The summed E-state index contributed by atoms with van der Waals surface area (Å²) >= 11 is 2.52. The molecule has 0 saturated carbocycles. The molecule has 0 aromatic rings. The minimum Gasteiger partial charge on any atom is -0.433 e. The van der Waals surface area contributed by atoms with Crippen molar-refractivity contribution in [2.75, 3.05) is 7.11 Å². The van der Waals surface area contributed by atoms with Gasteiger partial charge in [0.15, 0.2) is 0 Å². The van der Waals surface area contributed by atoms with Crippen molar-refractivity contribution in [1.82, 2.24) is 0 Å². The number of hydrogen-bond donors (Lipinski definition) is 0. The van der Waals surface area contributed by atoms with Crippen LogP contribution in [-0.4, -0.2) is 14.0 Å². The highest BCUT2D eigenvalue weighted by molar-refractivity contribution is 14.1. The highest BCUT2D eigenvalue weighted by Gasteiger charge is 2.40. The van der Waals surface area contributed by atoms with Gasteiger partial charge in [-0.05, 0) is 58.6 Å². The van der Waals surface area contributed by atoms with Gasteiger partial charge in [-0.15, -0.1) is 0 Å². The first kappa shape index (κ1) is 23.2. The predicted molar refractivity (Wildman–Crippen MR) is 115 cm³/mol. The average molecular weight is 432 g/mol. The van der Waals surface area contributed by atoms with Crippen molar-refractivity contribution in [3.8, 4) is 0 Å². The van der Waals surface area contributed by atoms with E-state index in [1.165, 1.54) is 47.6 Å². The van der Waals surface area contributed by atoms with Gasteiger partial charge in [0.25, 0.3) is 0 Å². The third-order valence-corrected chi connectivity index (χ3v) is 6.07. The van der Waals surface area contributed by atoms with Gasteiger partial charge < -0.3 is 4.65 Å². The summed E-state index contributed by atoms with van der Waals surface area (Å²) in [5, 5.41) is 0.125. The van der Waals surface area contributed by atoms with Gasteiger partial charge in [-0.25, -0.2) is 0 Å². The first-order valence-electron chi connectivity index (χ1n) is 9.41. The lowest BCUT2D eigenvalue weighted by Crippen LogP contribution is -2.36. The maximum Gasteiger partial charge on any atom is 0.333 e. The van der Waals surface area contributed by atoms with Crippen LogP contribution in [0.15, 0.2) is 21.2 Å². The third kappa shape index (κ3) is 8.24. The van der Waals surface area contributed by atoms with Crippen molar-refractivity contribution < 1.29 is 4.65 Å². The van der Waals surface area contributed by atoms with Crippen LogP contribution in [0.3, 0.4) is 0 Å². The molecule has 0 aliphatic rings. The van der Waals surface area contributed by atoms with Crippen LogP contribution >= 0.6 is 22.6 Å². The Morgan fingerprint density at radius 3 is 2.09 bits per heavy atom. The third-order valence-electron chi connectivity index (χ3n) is 5.01. The van der Waals surface area contributed by atoms with Gasteiger partial charge in [0.1, 0.15) is 0 Å². The van der Waals surface area contributed by atoms with Gasteiger partial charge in [0.2, 0.25) is 0 Å². The zero-order valence-corrected chi connectivity index (χ0v) is 18.7. The van der Waals surface area contributed by atoms with E-state index < -0.39 is 0 Å². The van der Waals surface area contributed by atoms with Crippen molar-refractivity contribution in [1.29, 1.82) is 0 Å². The van der Waals surface area contributed by atoms with E-state index in [-0.39, 0.29) is 12.2 Å². The first-order chi connectivity index (χ1) is 10.8. The van der Waals surface area contributed by atoms with E-state index in [2.05, 4.69) is 76.3 Å². The molecule has 23 heavy (non-hydrogen) atoms. The van der Waals surface area contributed by atoms with Gasteiger partial charge in [-0.1, -0.05) is 79.4 Å². The zero-order chi connectivity index (χ0) is 17.9. The Labute approximate surface area is 160 Å². The smallest absolute Gasteiger partial charge is 0.333 e. The molecule has 0 spiro atoms. The summed E-state index contributed by atoms with van der Waals surface area (Å²) < 4.78 is 7.39. The number of hydrogen-bond acceptors (Lipinski definition) is 1. The molecule has 0 rings (SSSR count). The Kier molecular flexibility index (Phi) is 12.7. The minimum absolute atomic E-state index is 0.125. The molecule has 134 valence electrons. The lowest BCUT2D eigenvalue weighted by atomic mass is 9.39. The Hall–Kier alpha value is 0.235. The molecular formula is C20H38BIO. The van der Waals surface area contributed by atoms with Crippen molar-refractivity contribution in [3.63, 3.8) is 0 Å². The van der Waals surface area contributed by atoms with E-state index >= 15 is 0 Å². The molecule has 0 aromatic carbocycles. The quantitative estimate of drug-likeness (QED) is 0.133. The lowest BCUT2D eigenvalue weighted by molar-refractivity contribution is 0.354. The largest absolute Gasteiger partial charge is 0.433 e. The molecule has 0 bridgehead atoms. The Morgan fingerprint density at radius 2 is 1.61 bits per heavy atom.